The summed E-state index contributed by atoms with van der Waals surface area (Å²) in [4.78, 5) is 13.5. The summed E-state index contributed by atoms with van der Waals surface area (Å²) < 4.78 is 0. The van der Waals surface area contributed by atoms with Gasteiger partial charge in [0.2, 0.25) is 0 Å². The summed E-state index contributed by atoms with van der Waals surface area (Å²) in [5.41, 5.74) is -0.745. The molecule has 2 unspecified atom stereocenters. The van der Waals surface area contributed by atoms with Crippen molar-refractivity contribution in [3.63, 3.8) is 0 Å². The largest absolute Gasteiger partial charge is 0.480 e. The lowest BCUT2D eigenvalue weighted by Crippen LogP contribution is -2.56. The van der Waals surface area contributed by atoms with Crippen LogP contribution in [0, 0.1) is 5.92 Å². The summed E-state index contributed by atoms with van der Waals surface area (Å²) in [6, 6.07) is 0.435. The second-order valence-electron chi connectivity index (χ2n) is 5.48. The standard InChI is InChI=1S/C13H25NO2/c1-5-14(13(3,4)12(15)16)11-9-7-6-8-10(11)2/h10-11H,5-9H2,1-4H3,(H,15,16). The third kappa shape index (κ3) is 2.57. The first-order valence-corrected chi connectivity index (χ1v) is 6.41. The van der Waals surface area contributed by atoms with Crippen LogP contribution in [0.15, 0.2) is 0 Å². The Morgan fingerprint density at radius 3 is 2.38 bits per heavy atom. The zero-order valence-corrected chi connectivity index (χ0v) is 11.0. The summed E-state index contributed by atoms with van der Waals surface area (Å²) in [7, 11) is 0. The van der Waals surface area contributed by atoms with Crippen LogP contribution in [0.2, 0.25) is 0 Å². The molecule has 0 spiro atoms. The van der Waals surface area contributed by atoms with Gasteiger partial charge in [0.15, 0.2) is 0 Å². The van der Waals surface area contributed by atoms with Gasteiger partial charge in [-0.1, -0.05) is 26.7 Å². The van der Waals surface area contributed by atoms with Crippen molar-refractivity contribution in [3.05, 3.63) is 0 Å². The van der Waals surface area contributed by atoms with Crippen molar-refractivity contribution in [2.45, 2.75) is 65.0 Å². The van der Waals surface area contributed by atoms with Gasteiger partial charge >= 0.3 is 5.97 Å². The van der Waals surface area contributed by atoms with E-state index in [1.54, 1.807) is 0 Å². The molecule has 1 fully saturated rings. The summed E-state index contributed by atoms with van der Waals surface area (Å²) in [6.07, 6.45) is 4.91. The Kier molecular flexibility index (Phi) is 4.36. The quantitative estimate of drug-likeness (QED) is 0.803. The number of nitrogens with zero attached hydrogens (tertiary/aromatic N) is 1. The van der Waals surface area contributed by atoms with Crippen LogP contribution >= 0.6 is 0 Å². The summed E-state index contributed by atoms with van der Waals surface area (Å²) >= 11 is 0. The Hall–Kier alpha value is -0.570. The molecule has 0 saturated heterocycles. The molecule has 1 aliphatic rings. The molecule has 0 aromatic carbocycles. The van der Waals surface area contributed by atoms with Crippen molar-refractivity contribution < 1.29 is 9.90 Å². The molecule has 16 heavy (non-hydrogen) atoms. The highest BCUT2D eigenvalue weighted by atomic mass is 16.4. The summed E-state index contributed by atoms with van der Waals surface area (Å²) in [5.74, 6) is -0.0977. The number of aliphatic carboxylic acids is 1. The first-order valence-electron chi connectivity index (χ1n) is 6.41. The van der Waals surface area contributed by atoms with Crippen molar-refractivity contribution >= 4 is 5.97 Å². The molecule has 0 aromatic rings. The predicted molar refractivity (Wildman–Crippen MR) is 65.5 cm³/mol. The van der Waals surface area contributed by atoms with Gasteiger partial charge in [0.05, 0.1) is 0 Å². The first kappa shape index (κ1) is 13.5. The van der Waals surface area contributed by atoms with Gasteiger partial charge < -0.3 is 5.11 Å². The number of carboxylic acids is 1. The van der Waals surface area contributed by atoms with Gasteiger partial charge in [-0.3, -0.25) is 9.69 Å². The molecule has 0 aromatic heterocycles. The van der Waals surface area contributed by atoms with Crippen LogP contribution in [-0.2, 0) is 4.79 Å². The van der Waals surface area contributed by atoms with E-state index < -0.39 is 11.5 Å². The molecule has 0 radical (unpaired) electrons. The third-order valence-corrected chi connectivity index (χ3v) is 4.05. The van der Waals surface area contributed by atoms with Crippen LogP contribution < -0.4 is 0 Å². The SMILES string of the molecule is CCN(C1CCCCC1C)C(C)(C)C(=O)O. The van der Waals surface area contributed by atoms with Gasteiger partial charge in [-0.15, -0.1) is 0 Å². The van der Waals surface area contributed by atoms with Crippen LogP contribution in [0.5, 0.6) is 0 Å². The molecule has 1 rings (SSSR count). The second-order valence-corrected chi connectivity index (χ2v) is 5.48. The summed E-state index contributed by atoms with van der Waals surface area (Å²) in [6.45, 7) is 8.77. The molecule has 3 nitrogen and oxygen atoms in total. The molecular formula is C13H25NO2. The lowest BCUT2D eigenvalue weighted by molar-refractivity contribution is -0.152. The fourth-order valence-electron chi connectivity index (χ4n) is 2.93. The van der Waals surface area contributed by atoms with Crippen LogP contribution in [-0.4, -0.2) is 34.1 Å². The highest BCUT2D eigenvalue weighted by Gasteiger charge is 2.40. The zero-order chi connectivity index (χ0) is 12.3. The van der Waals surface area contributed by atoms with Crippen molar-refractivity contribution in [2.24, 2.45) is 5.92 Å². The maximum Gasteiger partial charge on any atom is 0.323 e. The van der Waals surface area contributed by atoms with Crippen molar-refractivity contribution in [3.8, 4) is 0 Å². The summed E-state index contributed by atoms with van der Waals surface area (Å²) in [5, 5.41) is 9.32. The van der Waals surface area contributed by atoms with Crippen LogP contribution in [0.4, 0.5) is 0 Å². The van der Waals surface area contributed by atoms with Gasteiger partial charge in [0.1, 0.15) is 5.54 Å². The van der Waals surface area contributed by atoms with Crippen molar-refractivity contribution in [1.29, 1.82) is 0 Å². The minimum Gasteiger partial charge on any atom is -0.480 e. The number of rotatable bonds is 4. The smallest absolute Gasteiger partial charge is 0.323 e. The molecule has 3 heteroatoms. The Morgan fingerprint density at radius 2 is 1.94 bits per heavy atom. The van der Waals surface area contributed by atoms with E-state index in [-0.39, 0.29) is 0 Å². The van der Waals surface area contributed by atoms with E-state index in [1.807, 2.05) is 13.8 Å². The van der Waals surface area contributed by atoms with Gasteiger partial charge in [0, 0.05) is 6.04 Å². The Labute approximate surface area is 98.8 Å². The normalized spacial score (nSPS) is 27.1. The Morgan fingerprint density at radius 1 is 1.38 bits per heavy atom. The first-order chi connectivity index (χ1) is 7.41. The topological polar surface area (TPSA) is 40.5 Å². The molecule has 2 atom stereocenters. The maximum atomic E-state index is 11.3. The van der Waals surface area contributed by atoms with Crippen LogP contribution in [0.25, 0.3) is 0 Å². The predicted octanol–water partition coefficient (Wildman–Crippen LogP) is 2.75. The maximum absolute atomic E-state index is 11.3. The Bertz CT molecular complexity index is 250. The van der Waals surface area contributed by atoms with Crippen molar-refractivity contribution in [1.82, 2.24) is 4.90 Å². The highest BCUT2D eigenvalue weighted by Crippen LogP contribution is 2.32. The number of hydrogen-bond donors (Lipinski definition) is 1. The lowest BCUT2D eigenvalue weighted by Gasteiger charge is -2.45. The minimum atomic E-state index is -0.745. The number of carbonyl (C=O) groups is 1. The lowest BCUT2D eigenvalue weighted by atomic mass is 9.82. The fraction of sp³-hybridized carbons (Fsp3) is 0.923. The number of carboxylic acid groups (broad SMARTS) is 1. The Balaban J connectivity index is 2.83. The van der Waals surface area contributed by atoms with Gasteiger partial charge in [0.25, 0.3) is 0 Å². The average molecular weight is 227 g/mol. The van der Waals surface area contributed by atoms with E-state index in [9.17, 15) is 9.90 Å². The minimum absolute atomic E-state index is 0.435. The van der Waals surface area contributed by atoms with E-state index in [1.165, 1.54) is 19.3 Å². The van der Waals surface area contributed by atoms with Crippen LogP contribution in [0.1, 0.15) is 53.4 Å². The zero-order valence-electron chi connectivity index (χ0n) is 11.0. The third-order valence-electron chi connectivity index (χ3n) is 4.05. The van der Waals surface area contributed by atoms with Gasteiger partial charge in [-0.2, -0.15) is 0 Å². The van der Waals surface area contributed by atoms with Crippen LogP contribution in [0.3, 0.4) is 0 Å². The number of likely N-dealkylation sites (N-methyl/N-ethyl adjacent to an activating group) is 1. The molecule has 0 bridgehead atoms. The van der Waals surface area contributed by atoms with E-state index in [2.05, 4.69) is 18.7 Å². The van der Waals surface area contributed by atoms with E-state index in [4.69, 9.17) is 0 Å². The van der Waals surface area contributed by atoms with E-state index >= 15 is 0 Å². The van der Waals surface area contributed by atoms with Crippen molar-refractivity contribution in [2.75, 3.05) is 6.54 Å². The molecule has 94 valence electrons. The molecule has 0 heterocycles. The molecule has 1 saturated carbocycles. The van der Waals surface area contributed by atoms with Gasteiger partial charge in [-0.25, -0.2) is 0 Å². The number of hydrogen-bond acceptors (Lipinski definition) is 2. The molecular weight excluding hydrogens is 202 g/mol. The van der Waals surface area contributed by atoms with E-state index in [0.717, 1.165) is 13.0 Å². The molecule has 0 amide bonds. The highest BCUT2D eigenvalue weighted by molar-refractivity contribution is 5.77. The molecule has 1 N–H and O–H groups in total. The second kappa shape index (κ2) is 5.17. The fourth-order valence-corrected chi connectivity index (χ4v) is 2.93. The van der Waals surface area contributed by atoms with E-state index in [0.29, 0.717) is 12.0 Å². The molecule has 1 aliphatic carbocycles. The van der Waals surface area contributed by atoms with Gasteiger partial charge in [-0.05, 0) is 39.2 Å². The average Bonchev–Trinajstić information content (AvgIpc) is 2.21. The molecule has 0 aliphatic heterocycles. The monoisotopic (exact) mass is 227 g/mol.